The van der Waals surface area contributed by atoms with Gasteiger partial charge in [0.1, 0.15) is 0 Å². The van der Waals surface area contributed by atoms with Crippen molar-refractivity contribution >= 4 is 19.1 Å². The molecule has 0 aliphatic carbocycles. The van der Waals surface area contributed by atoms with E-state index >= 15 is 0 Å². The fourth-order valence-corrected chi connectivity index (χ4v) is 0.362. The third kappa shape index (κ3) is 3.99. The molecule has 0 radical (unpaired) electrons. The van der Waals surface area contributed by atoms with Crippen molar-refractivity contribution in [1.82, 2.24) is 0 Å². The summed E-state index contributed by atoms with van der Waals surface area (Å²) in [6.45, 7) is 2.91. The van der Waals surface area contributed by atoms with E-state index < -0.39 is 0 Å². The number of hydrogen-bond donors (Lipinski definition) is 1. The van der Waals surface area contributed by atoms with Crippen LogP contribution in [0.25, 0.3) is 0 Å². The number of rotatable bonds is 4. The normalized spacial score (nSPS) is 12.8. The van der Waals surface area contributed by atoms with Crippen LogP contribution < -0.4 is 0 Å². The SMILES string of the molecule is CC(CS)COC=O. The Balaban J connectivity index is 2.97. The summed E-state index contributed by atoms with van der Waals surface area (Å²) in [5, 5.41) is 0. The van der Waals surface area contributed by atoms with Gasteiger partial charge in [-0.2, -0.15) is 12.6 Å². The lowest BCUT2D eigenvalue weighted by Crippen LogP contribution is -2.05. The standard InChI is InChI=1S/C5H10O2S/c1-5(3-8)2-7-4-6/h4-5,8H,2-3H2,1H3. The van der Waals surface area contributed by atoms with Crippen LogP contribution >= 0.6 is 12.6 Å². The first kappa shape index (κ1) is 7.82. The van der Waals surface area contributed by atoms with Gasteiger partial charge in [0, 0.05) is 0 Å². The molecule has 0 aliphatic rings. The summed E-state index contributed by atoms with van der Waals surface area (Å²) in [5.74, 6) is 1.12. The Bertz CT molecular complexity index is 65.4. The highest BCUT2D eigenvalue weighted by Crippen LogP contribution is 1.95. The van der Waals surface area contributed by atoms with E-state index in [1.807, 2.05) is 6.92 Å². The van der Waals surface area contributed by atoms with Crippen LogP contribution in [0.2, 0.25) is 0 Å². The zero-order chi connectivity index (χ0) is 6.41. The molecule has 3 heteroatoms. The molecule has 0 aliphatic heterocycles. The van der Waals surface area contributed by atoms with Crippen LogP contribution in [0.4, 0.5) is 0 Å². The molecule has 0 aromatic carbocycles. The van der Waals surface area contributed by atoms with Gasteiger partial charge in [0.25, 0.3) is 6.47 Å². The first-order valence-electron chi connectivity index (χ1n) is 2.47. The summed E-state index contributed by atoms with van der Waals surface area (Å²) in [7, 11) is 0. The number of thiol groups is 1. The average Bonchev–Trinajstić information content (AvgIpc) is 1.83. The maximum absolute atomic E-state index is 9.58. The first-order valence-corrected chi connectivity index (χ1v) is 3.10. The zero-order valence-corrected chi connectivity index (χ0v) is 5.73. The third-order valence-corrected chi connectivity index (χ3v) is 1.38. The number of hydrogen-bond acceptors (Lipinski definition) is 3. The molecule has 0 fully saturated rings. The minimum absolute atomic E-state index is 0.364. The van der Waals surface area contributed by atoms with Crippen LogP contribution in [-0.4, -0.2) is 18.8 Å². The van der Waals surface area contributed by atoms with Gasteiger partial charge in [0.15, 0.2) is 0 Å². The van der Waals surface area contributed by atoms with Crippen LogP contribution in [0.3, 0.4) is 0 Å². The van der Waals surface area contributed by atoms with E-state index in [0.29, 0.717) is 19.0 Å². The van der Waals surface area contributed by atoms with E-state index in [1.54, 1.807) is 0 Å². The lowest BCUT2D eigenvalue weighted by molar-refractivity contribution is -0.129. The van der Waals surface area contributed by atoms with Gasteiger partial charge in [-0.25, -0.2) is 0 Å². The molecule has 8 heavy (non-hydrogen) atoms. The van der Waals surface area contributed by atoms with E-state index in [4.69, 9.17) is 0 Å². The second-order valence-electron chi connectivity index (χ2n) is 1.72. The van der Waals surface area contributed by atoms with Gasteiger partial charge in [-0.3, -0.25) is 4.79 Å². The van der Waals surface area contributed by atoms with Crippen molar-refractivity contribution in [2.45, 2.75) is 6.92 Å². The molecular weight excluding hydrogens is 124 g/mol. The fourth-order valence-electron chi connectivity index (χ4n) is 0.256. The average molecular weight is 134 g/mol. The van der Waals surface area contributed by atoms with Crippen molar-refractivity contribution < 1.29 is 9.53 Å². The predicted octanol–water partition coefficient (Wildman–Crippen LogP) is 0.725. The maximum Gasteiger partial charge on any atom is 0.293 e. The highest BCUT2D eigenvalue weighted by atomic mass is 32.1. The Morgan fingerprint density at radius 3 is 2.88 bits per heavy atom. The first-order chi connectivity index (χ1) is 3.81. The molecule has 0 saturated carbocycles. The molecule has 0 spiro atoms. The van der Waals surface area contributed by atoms with E-state index in [0.717, 1.165) is 5.75 Å². The topological polar surface area (TPSA) is 26.3 Å². The molecule has 1 unspecified atom stereocenters. The summed E-state index contributed by atoms with van der Waals surface area (Å²) in [4.78, 5) is 9.58. The second-order valence-corrected chi connectivity index (χ2v) is 2.08. The lowest BCUT2D eigenvalue weighted by atomic mass is 10.2. The fraction of sp³-hybridized carbons (Fsp3) is 0.800. The predicted molar refractivity (Wildman–Crippen MR) is 35.0 cm³/mol. The number of carbonyl (C=O) groups is 1. The van der Waals surface area contributed by atoms with Crippen molar-refractivity contribution in [3.8, 4) is 0 Å². The molecule has 0 aromatic rings. The second kappa shape index (κ2) is 4.97. The van der Waals surface area contributed by atoms with Gasteiger partial charge in [-0.15, -0.1) is 0 Å². The van der Waals surface area contributed by atoms with E-state index in [2.05, 4.69) is 17.4 Å². The highest BCUT2D eigenvalue weighted by molar-refractivity contribution is 7.80. The van der Waals surface area contributed by atoms with Gasteiger partial charge >= 0.3 is 0 Å². The van der Waals surface area contributed by atoms with Gasteiger partial charge in [-0.05, 0) is 11.7 Å². The molecule has 0 saturated heterocycles. The zero-order valence-electron chi connectivity index (χ0n) is 4.83. The largest absolute Gasteiger partial charge is 0.468 e. The van der Waals surface area contributed by atoms with Crippen LogP contribution in [0.5, 0.6) is 0 Å². The Morgan fingerprint density at radius 2 is 2.50 bits per heavy atom. The van der Waals surface area contributed by atoms with Crippen molar-refractivity contribution in [3.05, 3.63) is 0 Å². The van der Waals surface area contributed by atoms with Crippen LogP contribution in [0, 0.1) is 5.92 Å². The molecule has 1 atom stereocenters. The molecule has 0 N–H and O–H groups in total. The van der Waals surface area contributed by atoms with Gasteiger partial charge in [0.05, 0.1) is 6.61 Å². The summed E-state index contributed by atoms with van der Waals surface area (Å²) in [6.07, 6.45) is 0. The van der Waals surface area contributed by atoms with E-state index in [9.17, 15) is 4.79 Å². The number of carbonyl (C=O) groups excluding carboxylic acids is 1. The van der Waals surface area contributed by atoms with E-state index in [1.165, 1.54) is 0 Å². The molecular formula is C5H10O2S. The van der Waals surface area contributed by atoms with Crippen LogP contribution in [0.15, 0.2) is 0 Å². The van der Waals surface area contributed by atoms with Gasteiger partial charge in [-0.1, -0.05) is 6.92 Å². The highest BCUT2D eigenvalue weighted by Gasteiger charge is 1.96. The Labute approximate surface area is 54.6 Å². The monoisotopic (exact) mass is 134 g/mol. The third-order valence-electron chi connectivity index (χ3n) is 0.760. The molecule has 48 valence electrons. The van der Waals surface area contributed by atoms with Crippen molar-refractivity contribution in [2.75, 3.05) is 12.4 Å². The van der Waals surface area contributed by atoms with Crippen LogP contribution in [-0.2, 0) is 9.53 Å². The minimum atomic E-state index is 0.364. The summed E-state index contributed by atoms with van der Waals surface area (Å²) in [5.41, 5.74) is 0. The van der Waals surface area contributed by atoms with Crippen LogP contribution in [0.1, 0.15) is 6.92 Å². The summed E-state index contributed by atoms with van der Waals surface area (Å²) in [6, 6.07) is 0. The van der Waals surface area contributed by atoms with Gasteiger partial charge < -0.3 is 4.74 Å². The van der Waals surface area contributed by atoms with Crippen molar-refractivity contribution in [1.29, 1.82) is 0 Å². The molecule has 0 amide bonds. The summed E-state index contributed by atoms with van der Waals surface area (Å²) >= 11 is 3.99. The number of ether oxygens (including phenoxy) is 1. The molecule has 0 heterocycles. The van der Waals surface area contributed by atoms with Gasteiger partial charge in [0.2, 0.25) is 0 Å². The van der Waals surface area contributed by atoms with Crippen molar-refractivity contribution in [3.63, 3.8) is 0 Å². The quantitative estimate of drug-likeness (QED) is 0.453. The maximum atomic E-state index is 9.58. The molecule has 0 aromatic heterocycles. The Kier molecular flexibility index (Phi) is 4.85. The van der Waals surface area contributed by atoms with Crippen molar-refractivity contribution in [2.24, 2.45) is 5.92 Å². The summed E-state index contributed by atoms with van der Waals surface area (Å²) < 4.78 is 4.46. The Hall–Kier alpha value is -0.180. The molecule has 0 bridgehead atoms. The lowest BCUT2D eigenvalue weighted by Gasteiger charge is -2.03. The minimum Gasteiger partial charge on any atom is -0.468 e. The molecule has 2 nitrogen and oxygen atoms in total. The molecule has 0 rings (SSSR count). The smallest absolute Gasteiger partial charge is 0.293 e. The van der Waals surface area contributed by atoms with E-state index in [-0.39, 0.29) is 0 Å². The Morgan fingerprint density at radius 1 is 1.88 bits per heavy atom.